The van der Waals surface area contributed by atoms with Crippen molar-refractivity contribution in [3.05, 3.63) is 0 Å². The monoisotopic (exact) mass is 173 g/mol. The molecule has 0 spiro atoms. The van der Waals surface area contributed by atoms with Gasteiger partial charge in [-0.3, -0.25) is 4.79 Å². The molecule has 0 aliphatic rings. The first-order valence-electron chi connectivity index (χ1n) is 4.40. The molecular weight excluding hydrogens is 154 g/mol. The van der Waals surface area contributed by atoms with Crippen molar-refractivity contribution in [2.45, 2.75) is 32.8 Å². The van der Waals surface area contributed by atoms with Crippen molar-refractivity contribution >= 4 is 5.91 Å². The molecule has 0 aromatic carbocycles. The van der Waals surface area contributed by atoms with E-state index in [-0.39, 0.29) is 17.9 Å². The molecule has 2 unspecified atom stereocenters. The van der Waals surface area contributed by atoms with Gasteiger partial charge >= 0.3 is 0 Å². The highest BCUT2D eigenvalue weighted by atomic mass is 16.5. The molecule has 0 aromatic heterocycles. The van der Waals surface area contributed by atoms with E-state index < -0.39 is 0 Å². The van der Waals surface area contributed by atoms with Crippen LogP contribution in [0.1, 0.15) is 26.7 Å². The molecule has 3 heteroatoms. The Hall–Kier alpha value is -0.570. The molecule has 0 rings (SSSR count). The lowest BCUT2D eigenvalue weighted by Gasteiger charge is -2.16. The van der Waals surface area contributed by atoms with Gasteiger partial charge in [-0.2, -0.15) is 0 Å². The summed E-state index contributed by atoms with van der Waals surface area (Å²) in [5, 5.41) is 2.65. The highest BCUT2D eigenvalue weighted by Gasteiger charge is 2.17. The van der Waals surface area contributed by atoms with Gasteiger partial charge in [0, 0.05) is 20.1 Å². The Balaban J connectivity index is 3.90. The predicted octanol–water partition coefficient (Wildman–Crippen LogP) is 1.18. The largest absolute Gasteiger partial charge is 0.382 e. The van der Waals surface area contributed by atoms with Crippen LogP contribution in [0.5, 0.6) is 0 Å². The molecule has 12 heavy (non-hydrogen) atoms. The minimum absolute atomic E-state index is 0.0879. The number of amides is 1. The van der Waals surface area contributed by atoms with E-state index in [9.17, 15) is 4.79 Å². The summed E-state index contributed by atoms with van der Waals surface area (Å²) in [7, 11) is 3.34. The highest BCUT2D eigenvalue weighted by molar-refractivity contribution is 5.78. The van der Waals surface area contributed by atoms with Gasteiger partial charge in [0.1, 0.15) is 0 Å². The number of rotatable bonds is 5. The van der Waals surface area contributed by atoms with Crippen LogP contribution in [0.25, 0.3) is 0 Å². The average molecular weight is 173 g/mol. The van der Waals surface area contributed by atoms with Crippen molar-refractivity contribution in [3.63, 3.8) is 0 Å². The van der Waals surface area contributed by atoms with E-state index in [0.717, 1.165) is 12.8 Å². The van der Waals surface area contributed by atoms with Gasteiger partial charge in [-0.05, 0) is 19.8 Å². The lowest BCUT2D eigenvalue weighted by atomic mass is 9.98. The molecule has 2 atom stereocenters. The number of methoxy groups -OCH3 is 1. The van der Waals surface area contributed by atoms with E-state index in [1.54, 1.807) is 14.2 Å². The number of ether oxygens (including phenoxy) is 1. The molecule has 0 saturated heterocycles. The average Bonchev–Trinajstić information content (AvgIpc) is 2.12. The predicted molar refractivity (Wildman–Crippen MR) is 48.9 cm³/mol. The second kappa shape index (κ2) is 6.00. The van der Waals surface area contributed by atoms with Gasteiger partial charge < -0.3 is 10.1 Å². The fraction of sp³-hybridized carbons (Fsp3) is 0.889. The number of nitrogens with one attached hydrogen (secondary N) is 1. The Kier molecular flexibility index (Phi) is 5.72. The van der Waals surface area contributed by atoms with Gasteiger partial charge in [0.05, 0.1) is 6.10 Å². The van der Waals surface area contributed by atoms with Gasteiger partial charge in [0.2, 0.25) is 5.91 Å². The summed E-state index contributed by atoms with van der Waals surface area (Å²) in [6, 6.07) is 0. The van der Waals surface area contributed by atoms with E-state index >= 15 is 0 Å². The van der Waals surface area contributed by atoms with E-state index in [2.05, 4.69) is 5.32 Å². The third-order valence-electron chi connectivity index (χ3n) is 2.13. The van der Waals surface area contributed by atoms with Crippen molar-refractivity contribution in [1.82, 2.24) is 5.32 Å². The van der Waals surface area contributed by atoms with Crippen LogP contribution in [0.4, 0.5) is 0 Å². The Morgan fingerprint density at radius 1 is 1.58 bits per heavy atom. The maximum atomic E-state index is 11.2. The van der Waals surface area contributed by atoms with Crippen LogP contribution in [-0.4, -0.2) is 26.2 Å². The summed E-state index contributed by atoms with van der Waals surface area (Å²) in [4.78, 5) is 11.2. The number of hydrogen-bond donors (Lipinski definition) is 1. The minimum atomic E-state index is 0.0879. The maximum absolute atomic E-state index is 11.2. The summed E-state index contributed by atoms with van der Waals surface area (Å²) in [6.45, 7) is 3.99. The minimum Gasteiger partial charge on any atom is -0.382 e. The number of hydrogen-bond acceptors (Lipinski definition) is 2. The summed E-state index contributed by atoms with van der Waals surface area (Å²) in [5.41, 5.74) is 0. The Bertz CT molecular complexity index is 136. The topological polar surface area (TPSA) is 38.3 Å². The van der Waals surface area contributed by atoms with Crippen LogP contribution in [-0.2, 0) is 9.53 Å². The molecule has 72 valence electrons. The fourth-order valence-corrected chi connectivity index (χ4v) is 1.16. The molecule has 0 bridgehead atoms. The molecule has 0 aliphatic carbocycles. The summed E-state index contributed by atoms with van der Waals surface area (Å²) in [6.07, 6.45) is 1.83. The zero-order valence-electron chi connectivity index (χ0n) is 8.39. The van der Waals surface area contributed by atoms with Crippen molar-refractivity contribution in [2.24, 2.45) is 5.92 Å². The van der Waals surface area contributed by atoms with Crippen LogP contribution in [0.2, 0.25) is 0 Å². The van der Waals surface area contributed by atoms with Gasteiger partial charge in [-0.15, -0.1) is 0 Å². The summed E-state index contributed by atoms with van der Waals surface area (Å²) >= 11 is 0. The molecule has 0 saturated carbocycles. The van der Waals surface area contributed by atoms with Crippen LogP contribution in [0.15, 0.2) is 0 Å². The van der Waals surface area contributed by atoms with Gasteiger partial charge in [0.25, 0.3) is 0 Å². The normalized spacial score (nSPS) is 15.3. The Morgan fingerprint density at radius 2 is 2.17 bits per heavy atom. The Morgan fingerprint density at radius 3 is 2.50 bits per heavy atom. The second-order valence-electron chi connectivity index (χ2n) is 3.00. The summed E-state index contributed by atoms with van der Waals surface area (Å²) < 4.78 is 5.10. The molecule has 1 N–H and O–H groups in total. The van der Waals surface area contributed by atoms with Crippen LogP contribution in [0.3, 0.4) is 0 Å². The van der Waals surface area contributed by atoms with E-state index in [1.165, 1.54) is 0 Å². The first kappa shape index (κ1) is 11.4. The standard InChI is InChI=1S/C9H19NO2/c1-5-8(9(11)10-3)6-7(2)12-4/h7-8H,5-6H2,1-4H3,(H,10,11). The van der Waals surface area contributed by atoms with Gasteiger partial charge in [0.15, 0.2) is 0 Å². The third-order valence-corrected chi connectivity index (χ3v) is 2.13. The molecule has 0 aromatic rings. The van der Waals surface area contributed by atoms with Crippen molar-refractivity contribution in [3.8, 4) is 0 Å². The smallest absolute Gasteiger partial charge is 0.222 e. The zero-order valence-corrected chi connectivity index (χ0v) is 8.39. The van der Waals surface area contributed by atoms with Crippen LogP contribution in [0, 0.1) is 5.92 Å². The zero-order chi connectivity index (χ0) is 9.56. The number of carbonyl (C=O) groups excluding carboxylic acids is 1. The van der Waals surface area contributed by atoms with Crippen LogP contribution < -0.4 is 5.32 Å². The lowest BCUT2D eigenvalue weighted by Crippen LogP contribution is -2.29. The second-order valence-corrected chi connectivity index (χ2v) is 3.00. The lowest BCUT2D eigenvalue weighted by molar-refractivity contribution is -0.125. The van der Waals surface area contributed by atoms with E-state index in [1.807, 2.05) is 13.8 Å². The van der Waals surface area contributed by atoms with Gasteiger partial charge in [-0.25, -0.2) is 0 Å². The molecule has 0 radical (unpaired) electrons. The van der Waals surface area contributed by atoms with Crippen molar-refractivity contribution in [1.29, 1.82) is 0 Å². The SMILES string of the molecule is CCC(CC(C)OC)C(=O)NC. The molecule has 3 nitrogen and oxygen atoms in total. The van der Waals surface area contributed by atoms with Crippen molar-refractivity contribution < 1.29 is 9.53 Å². The van der Waals surface area contributed by atoms with Crippen LogP contribution >= 0.6 is 0 Å². The molecule has 0 heterocycles. The van der Waals surface area contributed by atoms with Gasteiger partial charge in [-0.1, -0.05) is 6.92 Å². The number of carbonyl (C=O) groups is 1. The van der Waals surface area contributed by atoms with E-state index in [4.69, 9.17) is 4.74 Å². The quantitative estimate of drug-likeness (QED) is 0.678. The molecule has 0 aliphatic heterocycles. The fourth-order valence-electron chi connectivity index (χ4n) is 1.16. The first-order chi connectivity index (χ1) is 5.65. The Labute approximate surface area is 74.5 Å². The highest BCUT2D eigenvalue weighted by Crippen LogP contribution is 2.12. The first-order valence-corrected chi connectivity index (χ1v) is 4.40. The molecule has 1 amide bonds. The summed E-state index contributed by atoms with van der Waals surface area (Å²) in [5.74, 6) is 0.200. The molecule has 0 fully saturated rings. The van der Waals surface area contributed by atoms with Crippen molar-refractivity contribution in [2.75, 3.05) is 14.2 Å². The molecular formula is C9H19NO2. The third kappa shape index (κ3) is 3.72. The van der Waals surface area contributed by atoms with E-state index in [0.29, 0.717) is 0 Å². The maximum Gasteiger partial charge on any atom is 0.222 e.